The van der Waals surface area contributed by atoms with Crippen LogP contribution in [0.2, 0.25) is 0 Å². The number of carbonyl (C=O) groups is 5. The third kappa shape index (κ3) is 14.2. The summed E-state index contributed by atoms with van der Waals surface area (Å²) in [5.41, 5.74) is 1.27. The summed E-state index contributed by atoms with van der Waals surface area (Å²) in [6.07, 6.45) is 13.9. The van der Waals surface area contributed by atoms with Gasteiger partial charge in [-0.2, -0.15) is 0 Å². The monoisotopic (exact) mass is 966 g/mol. The SMILES string of the molecule is COC1C(=O)[C@H](C)C[C@H](C)/C=C/C=C/C=C(\C)[C@@H](OC)C[C@@H]2CC[C@@H](C)[C@@](O)(O2)C(=O)C(=O)N2CCCC[C@H]2C(=O)O[C@H]([C@H](C)C[C@@H]2CC[C@H](n3cnnn3)[C@H](OC)C2)CC(=O)[C@H](C)/C=C(\C)[C@H]1O. The number of amides is 1. The Hall–Kier alpha value is -4.26. The van der Waals surface area contributed by atoms with Crippen molar-refractivity contribution in [2.24, 2.45) is 35.5 Å². The van der Waals surface area contributed by atoms with Gasteiger partial charge in [-0.15, -0.1) is 5.10 Å². The van der Waals surface area contributed by atoms with Crippen molar-refractivity contribution in [3.05, 3.63) is 53.9 Å². The third-order valence-electron chi connectivity index (χ3n) is 15.2. The molecule has 1 amide bonds. The maximum atomic E-state index is 14.5. The second-order valence-electron chi connectivity index (χ2n) is 20.4. The van der Waals surface area contributed by atoms with Crippen molar-refractivity contribution in [2.75, 3.05) is 27.9 Å². The van der Waals surface area contributed by atoms with Crippen LogP contribution in [0.3, 0.4) is 0 Å². The van der Waals surface area contributed by atoms with Gasteiger partial charge in [-0.25, -0.2) is 9.48 Å². The van der Waals surface area contributed by atoms with Crippen LogP contribution in [-0.2, 0) is 47.7 Å². The van der Waals surface area contributed by atoms with E-state index >= 15 is 0 Å². The zero-order chi connectivity index (χ0) is 50.6. The second kappa shape index (κ2) is 25.7. The van der Waals surface area contributed by atoms with Crippen molar-refractivity contribution >= 4 is 29.2 Å². The molecule has 17 nitrogen and oxygen atoms in total. The predicted octanol–water partition coefficient (Wildman–Crippen LogP) is 6.05. The molecule has 4 aliphatic rings. The highest BCUT2D eigenvalue weighted by molar-refractivity contribution is 6.39. The number of allylic oxidation sites excluding steroid dienone is 6. The van der Waals surface area contributed by atoms with Crippen molar-refractivity contribution in [1.82, 2.24) is 25.1 Å². The molecule has 384 valence electrons. The Labute approximate surface area is 408 Å². The largest absolute Gasteiger partial charge is 0.460 e. The number of piperidine rings is 1. The van der Waals surface area contributed by atoms with Crippen LogP contribution in [0.5, 0.6) is 0 Å². The Balaban J connectivity index is 1.46. The van der Waals surface area contributed by atoms with E-state index in [9.17, 15) is 34.2 Å². The molecule has 0 aromatic carbocycles. The molecular formula is C52H79N5O12. The number of ketones is 3. The number of tetrazole rings is 1. The molecule has 3 aliphatic heterocycles. The number of nitrogens with zero attached hydrogens (tertiary/aromatic N) is 5. The number of aromatic nitrogens is 4. The number of aliphatic hydroxyl groups is 2. The fourth-order valence-corrected chi connectivity index (χ4v) is 10.7. The van der Waals surface area contributed by atoms with Crippen LogP contribution in [-0.4, -0.2) is 141 Å². The van der Waals surface area contributed by atoms with Crippen LogP contribution in [0.4, 0.5) is 0 Å². The van der Waals surface area contributed by atoms with Gasteiger partial charge >= 0.3 is 5.97 Å². The minimum absolute atomic E-state index is 0.0170. The summed E-state index contributed by atoms with van der Waals surface area (Å²) in [7, 11) is 4.62. The minimum atomic E-state index is -2.43. The molecule has 1 aliphatic carbocycles. The Bertz CT molecular complexity index is 2020. The van der Waals surface area contributed by atoms with Gasteiger partial charge < -0.3 is 38.8 Å². The molecule has 2 saturated heterocycles. The summed E-state index contributed by atoms with van der Waals surface area (Å²) in [4.78, 5) is 72.3. The number of hydrogen-bond donors (Lipinski definition) is 2. The first-order chi connectivity index (χ1) is 32.8. The molecule has 2 bridgehead atoms. The molecule has 5 rings (SSSR count). The molecule has 69 heavy (non-hydrogen) atoms. The van der Waals surface area contributed by atoms with Crippen LogP contribution in [0.25, 0.3) is 0 Å². The van der Waals surface area contributed by atoms with Gasteiger partial charge in [0.15, 0.2) is 5.78 Å². The fourth-order valence-electron chi connectivity index (χ4n) is 10.7. The van der Waals surface area contributed by atoms with E-state index in [1.165, 1.54) is 12.0 Å². The highest BCUT2D eigenvalue weighted by atomic mass is 16.6. The van der Waals surface area contributed by atoms with Crippen LogP contribution in [0.1, 0.15) is 132 Å². The van der Waals surface area contributed by atoms with E-state index in [2.05, 4.69) is 15.5 Å². The Morgan fingerprint density at radius 2 is 1.64 bits per heavy atom. The van der Waals surface area contributed by atoms with Gasteiger partial charge in [-0.3, -0.25) is 19.2 Å². The molecule has 1 aromatic heterocycles. The number of rotatable bonds is 7. The maximum absolute atomic E-state index is 14.5. The van der Waals surface area contributed by atoms with Crippen LogP contribution in [0.15, 0.2) is 53.9 Å². The molecule has 4 heterocycles. The summed E-state index contributed by atoms with van der Waals surface area (Å²) in [5, 5.41) is 35.2. The minimum Gasteiger partial charge on any atom is -0.460 e. The van der Waals surface area contributed by atoms with Gasteiger partial charge in [0.2, 0.25) is 5.79 Å². The number of ether oxygens (including phenoxy) is 5. The average molecular weight is 966 g/mol. The van der Waals surface area contributed by atoms with Crippen LogP contribution >= 0.6 is 0 Å². The molecule has 2 N–H and O–H groups in total. The number of hydrogen-bond acceptors (Lipinski definition) is 15. The molecular weight excluding hydrogens is 887 g/mol. The van der Waals surface area contributed by atoms with E-state index in [0.717, 1.165) is 18.4 Å². The predicted molar refractivity (Wildman–Crippen MR) is 256 cm³/mol. The number of cyclic esters (lactones) is 1. The molecule has 1 saturated carbocycles. The molecule has 3 fully saturated rings. The first-order valence-electron chi connectivity index (χ1n) is 25.0. The summed E-state index contributed by atoms with van der Waals surface area (Å²) in [6, 6.07) is -1.19. The zero-order valence-corrected chi connectivity index (χ0v) is 42.5. The van der Waals surface area contributed by atoms with Crippen molar-refractivity contribution in [3.8, 4) is 0 Å². The summed E-state index contributed by atoms with van der Waals surface area (Å²) in [5.74, 6) is -7.92. The van der Waals surface area contributed by atoms with E-state index in [0.29, 0.717) is 56.9 Å². The van der Waals surface area contributed by atoms with Crippen molar-refractivity contribution < 1.29 is 57.9 Å². The molecule has 0 spiro atoms. The lowest BCUT2D eigenvalue weighted by molar-refractivity contribution is -0.265. The van der Waals surface area contributed by atoms with Gasteiger partial charge in [0, 0.05) is 58.5 Å². The quantitative estimate of drug-likeness (QED) is 0.181. The Morgan fingerprint density at radius 1 is 0.884 bits per heavy atom. The van der Waals surface area contributed by atoms with Gasteiger partial charge in [-0.05, 0) is 117 Å². The van der Waals surface area contributed by atoms with Crippen molar-refractivity contribution in [1.29, 1.82) is 0 Å². The number of Topliss-reactive ketones (excluding diaryl/α,β-unsaturated/α-hetero) is 3. The molecule has 0 radical (unpaired) electrons. The average Bonchev–Trinajstić information content (AvgIpc) is 3.88. The smallest absolute Gasteiger partial charge is 0.329 e. The highest BCUT2D eigenvalue weighted by Gasteiger charge is 2.53. The lowest BCUT2D eigenvalue weighted by Crippen LogP contribution is -2.61. The normalized spacial score (nSPS) is 38.8. The molecule has 15 atom stereocenters. The van der Waals surface area contributed by atoms with Crippen LogP contribution < -0.4 is 0 Å². The van der Waals surface area contributed by atoms with Gasteiger partial charge in [0.25, 0.3) is 11.7 Å². The second-order valence-corrected chi connectivity index (χ2v) is 20.4. The first kappa shape index (κ1) is 55.7. The van der Waals surface area contributed by atoms with Gasteiger partial charge in [0.05, 0.1) is 24.4 Å². The maximum Gasteiger partial charge on any atom is 0.329 e. The third-order valence-corrected chi connectivity index (χ3v) is 15.2. The van der Waals surface area contributed by atoms with Crippen LogP contribution in [0, 0.1) is 35.5 Å². The Morgan fingerprint density at radius 3 is 2.32 bits per heavy atom. The van der Waals surface area contributed by atoms with Gasteiger partial charge in [-0.1, -0.05) is 71.1 Å². The number of aliphatic hydroxyl groups excluding tert-OH is 1. The zero-order valence-electron chi connectivity index (χ0n) is 42.5. The van der Waals surface area contributed by atoms with Crippen molar-refractivity contribution in [2.45, 2.75) is 180 Å². The molecule has 1 unspecified atom stereocenters. The van der Waals surface area contributed by atoms with E-state index in [-0.39, 0.29) is 60.9 Å². The molecule has 1 aromatic rings. The lowest BCUT2D eigenvalue weighted by Gasteiger charge is -2.42. The highest BCUT2D eigenvalue weighted by Crippen LogP contribution is 2.39. The Kier molecular flexibility index (Phi) is 20.8. The lowest BCUT2D eigenvalue weighted by atomic mass is 9.77. The number of esters is 1. The molecule has 17 heteroatoms. The number of methoxy groups -OCH3 is 3. The number of carbonyl (C=O) groups excluding carboxylic acids is 5. The standard InChI is InChI=1S/C52H79N5O12/c1-31-16-12-11-13-17-32(2)43(65-8)28-39-21-19-37(7)52(64,69-39)49(61)50(62)56-23-15-14-18-41(56)51(63)68-44(34(4)26-38-20-22-40(45(27-38)66-9)57-30-53-54-55-57)29-42(58)33(3)25-36(6)47(60)48(67-10)46(59)35(5)24-31/h11-13,16-17,25,30-31,33-35,37-41,43-45,47-48,60,64H,14-15,18-24,26-29H2,1-10H3/b13-11+,16-12+,32-17+,36-25+/t31-,33-,34-,35-,37-,38+,39+,40+,41+,43+,44+,45-,47-,48?,52-/m1/s1. The topological polar surface area (TPSA) is 219 Å². The van der Waals surface area contributed by atoms with Gasteiger partial charge in [0.1, 0.15) is 36.5 Å². The summed E-state index contributed by atoms with van der Waals surface area (Å²) >= 11 is 0. The fraction of sp³-hybridized carbons (Fsp3) is 0.731. The first-order valence-corrected chi connectivity index (χ1v) is 25.0. The summed E-state index contributed by atoms with van der Waals surface area (Å²) < 4.78 is 31.6. The van der Waals surface area contributed by atoms with E-state index in [1.54, 1.807) is 52.1 Å². The van der Waals surface area contributed by atoms with E-state index in [1.807, 2.05) is 58.1 Å². The van der Waals surface area contributed by atoms with E-state index in [4.69, 9.17) is 23.7 Å². The van der Waals surface area contributed by atoms with E-state index < -0.39 is 77.8 Å². The summed E-state index contributed by atoms with van der Waals surface area (Å²) in [6.45, 7) is 12.8. The number of fused-ring (bicyclic) bond motifs is 3. The van der Waals surface area contributed by atoms with Crippen molar-refractivity contribution in [3.63, 3.8) is 0 Å².